The van der Waals surface area contributed by atoms with Gasteiger partial charge in [0.1, 0.15) is 10.8 Å². The first kappa shape index (κ1) is 20.5. The van der Waals surface area contributed by atoms with Gasteiger partial charge in [-0.1, -0.05) is 18.6 Å². The minimum atomic E-state index is 0.322. The summed E-state index contributed by atoms with van der Waals surface area (Å²) in [6.07, 6.45) is 5.04. The van der Waals surface area contributed by atoms with Gasteiger partial charge in [-0.25, -0.2) is 4.98 Å². The number of carbonyl (C=O) groups excluding carboxylic acids is 1. The van der Waals surface area contributed by atoms with Gasteiger partial charge in [0, 0.05) is 40.7 Å². The maximum Gasteiger partial charge on any atom is 0.213 e. The van der Waals surface area contributed by atoms with Crippen LogP contribution in [0.2, 0.25) is 0 Å². The second kappa shape index (κ2) is 9.39. The zero-order valence-electron chi connectivity index (χ0n) is 16.8. The molecule has 1 aliphatic heterocycles. The first-order chi connectivity index (χ1) is 14.2. The molecule has 0 bridgehead atoms. The van der Waals surface area contributed by atoms with Crippen molar-refractivity contribution in [1.82, 2.24) is 10.3 Å². The van der Waals surface area contributed by atoms with E-state index in [0.717, 1.165) is 42.8 Å². The van der Waals surface area contributed by atoms with Crippen LogP contribution in [0.5, 0.6) is 0 Å². The van der Waals surface area contributed by atoms with E-state index in [2.05, 4.69) is 37.5 Å². The summed E-state index contributed by atoms with van der Waals surface area (Å²) in [5, 5.41) is 4.62. The molecule has 2 aromatic heterocycles. The number of hydrogen-bond acceptors (Lipinski definition) is 6. The lowest BCUT2D eigenvalue weighted by atomic mass is 9.97. The Morgan fingerprint density at radius 2 is 2.14 bits per heavy atom. The van der Waals surface area contributed by atoms with Crippen LogP contribution in [0.4, 0.5) is 0 Å². The monoisotopic (exact) mass is 427 g/mol. The number of carbonyl (C=O) groups is 1. The van der Waals surface area contributed by atoms with Crippen LogP contribution in [0.3, 0.4) is 0 Å². The van der Waals surface area contributed by atoms with Crippen molar-refractivity contribution in [1.29, 1.82) is 0 Å². The molecule has 6 heteroatoms. The molecule has 1 N–H and O–H groups in total. The number of rotatable bonds is 9. The molecule has 29 heavy (non-hydrogen) atoms. The highest BCUT2D eigenvalue weighted by molar-refractivity contribution is 7.22. The van der Waals surface area contributed by atoms with Crippen LogP contribution in [0, 0.1) is 7.11 Å². The number of benzene rings is 1. The molecule has 0 aliphatic carbocycles. The quantitative estimate of drug-likeness (QED) is 0.360. The van der Waals surface area contributed by atoms with E-state index in [1.807, 2.05) is 6.07 Å². The van der Waals surface area contributed by atoms with Crippen molar-refractivity contribution in [3.8, 4) is 10.6 Å². The van der Waals surface area contributed by atoms with Crippen LogP contribution < -0.4 is 5.32 Å². The van der Waals surface area contributed by atoms with Crippen LogP contribution in [-0.2, 0) is 28.9 Å². The summed E-state index contributed by atoms with van der Waals surface area (Å²) in [6, 6.07) is 8.73. The Morgan fingerprint density at radius 3 is 2.97 bits per heavy atom. The lowest BCUT2D eigenvalue weighted by Gasteiger charge is -2.20. The molecule has 0 saturated carbocycles. The van der Waals surface area contributed by atoms with Gasteiger partial charge < -0.3 is 5.32 Å². The zero-order chi connectivity index (χ0) is 20.2. The fourth-order valence-electron chi connectivity index (χ4n) is 3.90. The van der Waals surface area contributed by atoms with Crippen molar-refractivity contribution < 1.29 is 9.53 Å². The lowest BCUT2D eigenvalue weighted by Crippen LogP contribution is -2.32. The first-order valence-corrected chi connectivity index (χ1v) is 11.9. The third-order valence-electron chi connectivity index (χ3n) is 5.39. The highest BCUT2D eigenvalue weighted by Gasteiger charge is 2.27. The van der Waals surface area contributed by atoms with E-state index in [9.17, 15) is 4.79 Å². The summed E-state index contributed by atoms with van der Waals surface area (Å²) in [6.45, 7) is 3.78. The molecule has 1 unspecified atom stereocenters. The maximum atomic E-state index is 12.7. The van der Waals surface area contributed by atoms with Crippen LogP contribution >= 0.6 is 22.7 Å². The third kappa shape index (κ3) is 4.72. The van der Waals surface area contributed by atoms with Crippen molar-refractivity contribution in [2.75, 3.05) is 6.61 Å². The Balaban J connectivity index is 1.59. The van der Waals surface area contributed by atoms with E-state index in [0.29, 0.717) is 31.3 Å². The van der Waals surface area contributed by atoms with E-state index in [1.165, 1.54) is 25.6 Å². The molecular formula is C23H27N2O2S2+. The molecule has 0 saturated heterocycles. The second-order valence-corrected chi connectivity index (χ2v) is 9.93. The summed E-state index contributed by atoms with van der Waals surface area (Å²) in [5.74, 6) is 0.322. The molecule has 0 radical (unpaired) electrons. The van der Waals surface area contributed by atoms with Gasteiger partial charge >= 0.3 is 0 Å². The Morgan fingerprint density at radius 1 is 1.28 bits per heavy atom. The average molecular weight is 428 g/mol. The maximum absolute atomic E-state index is 12.7. The third-order valence-corrected chi connectivity index (χ3v) is 7.68. The fraction of sp³-hybridized carbons (Fsp3) is 0.435. The Labute approximate surface area is 180 Å². The van der Waals surface area contributed by atoms with Crippen molar-refractivity contribution >= 4 is 38.7 Å². The van der Waals surface area contributed by atoms with Crippen LogP contribution in [0.15, 0.2) is 24.3 Å². The summed E-state index contributed by atoms with van der Waals surface area (Å²) >= 11 is 3.54. The van der Waals surface area contributed by atoms with Gasteiger partial charge in [-0.3, -0.25) is 4.79 Å². The molecule has 4 nitrogen and oxygen atoms in total. The van der Waals surface area contributed by atoms with E-state index in [4.69, 9.17) is 9.72 Å². The number of nitrogens with one attached hydrogen (secondary N) is 1. The highest BCUT2D eigenvalue weighted by Crippen LogP contribution is 2.42. The predicted molar refractivity (Wildman–Crippen MR) is 121 cm³/mol. The number of aromatic nitrogens is 1. The smallest absolute Gasteiger partial charge is 0.213 e. The standard InChI is InChI=1S/C23H27N2O2S2/c1-15-12-17-21(14-24-15)28-20(13-16(26)8-4-3-7-11-27-2)22(17)23-25-18-9-5-6-10-19(18)29-23/h5-6,9-10,15,24H,2-4,7-8,11-14H2,1H3/q+1. The zero-order valence-corrected chi connectivity index (χ0v) is 18.5. The van der Waals surface area contributed by atoms with Crippen molar-refractivity contribution in [2.45, 2.75) is 58.0 Å². The van der Waals surface area contributed by atoms with Crippen molar-refractivity contribution in [3.63, 3.8) is 0 Å². The van der Waals surface area contributed by atoms with Crippen LogP contribution in [-0.4, -0.2) is 23.4 Å². The molecule has 1 aromatic carbocycles. The van der Waals surface area contributed by atoms with Gasteiger partial charge in [-0.05, 0) is 43.9 Å². The van der Waals surface area contributed by atoms with E-state index >= 15 is 0 Å². The number of ketones is 1. The minimum absolute atomic E-state index is 0.322. The molecule has 3 aromatic rings. The van der Waals surface area contributed by atoms with Gasteiger partial charge in [0.2, 0.25) is 7.11 Å². The largest absolute Gasteiger partial charge is 0.309 e. The molecular weight excluding hydrogens is 400 g/mol. The SMILES string of the molecule is [CH2+]OCCCCCC(=O)Cc1sc2c(c1-c1nc3ccccc3s1)CC(C)NC2. The second-order valence-electron chi connectivity index (χ2n) is 7.71. The van der Waals surface area contributed by atoms with E-state index < -0.39 is 0 Å². The number of fused-ring (bicyclic) bond motifs is 2. The van der Waals surface area contributed by atoms with Crippen LogP contribution in [0.25, 0.3) is 20.8 Å². The highest BCUT2D eigenvalue weighted by atomic mass is 32.1. The first-order valence-electron chi connectivity index (χ1n) is 10.3. The van der Waals surface area contributed by atoms with Gasteiger partial charge in [-0.2, -0.15) is 4.74 Å². The fourth-order valence-corrected chi connectivity index (χ4v) is 6.34. The van der Waals surface area contributed by atoms with Gasteiger partial charge in [0.25, 0.3) is 0 Å². The minimum Gasteiger partial charge on any atom is -0.309 e. The molecule has 1 aliphatic rings. The number of Topliss-reactive ketones (excluding diaryl/α,β-unsaturated/α-hetero) is 1. The summed E-state index contributed by atoms with van der Waals surface area (Å²) in [7, 11) is 3.39. The summed E-state index contributed by atoms with van der Waals surface area (Å²) in [5.41, 5.74) is 3.67. The number of nitrogens with zero attached hydrogens (tertiary/aromatic N) is 1. The molecule has 1 atom stereocenters. The molecule has 152 valence electrons. The van der Waals surface area contributed by atoms with Gasteiger partial charge in [-0.15, -0.1) is 22.7 Å². The number of para-hydroxylation sites is 1. The normalized spacial score (nSPS) is 16.2. The number of thiazole rings is 1. The van der Waals surface area contributed by atoms with Crippen molar-refractivity contribution in [3.05, 3.63) is 46.7 Å². The molecule has 3 heterocycles. The number of hydrogen-bond donors (Lipinski definition) is 1. The van der Waals surface area contributed by atoms with E-state index in [-0.39, 0.29) is 0 Å². The topological polar surface area (TPSA) is 51.2 Å². The van der Waals surface area contributed by atoms with Crippen LogP contribution in [0.1, 0.15) is 47.9 Å². The molecule has 0 amide bonds. The average Bonchev–Trinajstić information content (AvgIpc) is 3.27. The van der Waals surface area contributed by atoms with E-state index in [1.54, 1.807) is 22.7 Å². The summed E-state index contributed by atoms with van der Waals surface area (Å²) in [4.78, 5) is 20.2. The number of thiophene rings is 1. The molecule has 0 fully saturated rings. The Bertz CT molecular complexity index is 959. The molecule has 0 spiro atoms. The Hall–Kier alpha value is -1.73. The lowest BCUT2D eigenvalue weighted by molar-refractivity contribution is -0.118. The summed E-state index contributed by atoms with van der Waals surface area (Å²) < 4.78 is 6.05. The number of ether oxygens (including phenoxy) is 1. The Kier molecular flexibility index (Phi) is 6.65. The van der Waals surface area contributed by atoms with Crippen molar-refractivity contribution in [2.24, 2.45) is 0 Å². The predicted octanol–water partition coefficient (Wildman–Crippen LogP) is 5.54. The molecule has 4 rings (SSSR count). The van der Waals surface area contributed by atoms with Gasteiger partial charge in [0.05, 0.1) is 16.8 Å². The number of unbranched alkanes of at least 4 members (excludes halogenated alkanes) is 2. The van der Waals surface area contributed by atoms with Gasteiger partial charge in [0.15, 0.2) is 0 Å².